The molecule has 1 radical (unpaired) electrons. The molecule has 3 aromatic carbocycles. The van der Waals surface area contributed by atoms with Gasteiger partial charge in [0.2, 0.25) is 0 Å². The number of nitrogens with zero attached hydrogens (tertiary/aromatic N) is 2. The molecule has 0 amide bonds. The number of carbonyl (C=O) groups is 1. The molecular weight excluding hydrogens is 404 g/mol. The fraction of sp³-hybridized carbons (Fsp3) is 0.0370. The van der Waals surface area contributed by atoms with Crippen molar-refractivity contribution >= 4 is 51.8 Å². The van der Waals surface area contributed by atoms with Crippen LogP contribution in [0, 0.1) is 6.07 Å². The number of aldehydes is 1. The highest BCUT2D eigenvalue weighted by Gasteiger charge is 2.08. The second kappa shape index (κ2) is 8.21. The van der Waals surface area contributed by atoms with E-state index in [4.69, 9.17) is 11.6 Å². The lowest BCUT2D eigenvalue weighted by molar-refractivity contribution is 0.112. The maximum Gasteiger partial charge on any atom is 0.152 e. The van der Waals surface area contributed by atoms with E-state index in [1.54, 1.807) is 0 Å². The predicted octanol–water partition coefficient (Wildman–Crippen LogP) is 6.67. The molecule has 3 nitrogen and oxygen atoms in total. The Morgan fingerprint density at radius 1 is 1.00 bits per heavy atom. The molecule has 0 fully saturated rings. The highest BCUT2D eigenvalue weighted by atomic mass is 35.5. The smallest absolute Gasteiger partial charge is 0.152 e. The van der Waals surface area contributed by atoms with Gasteiger partial charge in [-0.25, -0.2) is 4.98 Å². The zero-order valence-electron chi connectivity index (χ0n) is 16.6. The highest BCUT2D eigenvalue weighted by molar-refractivity contribution is 6.31. The van der Waals surface area contributed by atoms with Crippen LogP contribution in [0.4, 0.5) is 0 Å². The molecule has 0 aliphatic carbocycles. The average molecular weight is 422 g/mol. The molecule has 2 heterocycles. The molecule has 0 spiro atoms. The maximum atomic E-state index is 11.4. The predicted molar refractivity (Wildman–Crippen MR) is 127 cm³/mol. The molecule has 2 aromatic heterocycles. The van der Waals surface area contributed by atoms with E-state index in [0.29, 0.717) is 17.1 Å². The number of fused-ring (bicyclic) bond motifs is 2. The average Bonchev–Trinajstić information content (AvgIpc) is 3.15. The van der Waals surface area contributed by atoms with Gasteiger partial charge in [-0.1, -0.05) is 66.2 Å². The van der Waals surface area contributed by atoms with Gasteiger partial charge in [0.15, 0.2) is 6.29 Å². The molecule has 5 aromatic rings. The third-order valence-electron chi connectivity index (χ3n) is 5.28. The van der Waals surface area contributed by atoms with Gasteiger partial charge in [0.25, 0.3) is 0 Å². The molecule has 0 N–H and O–H groups in total. The molecule has 0 unspecified atom stereocenters. The molecular formula is C27H18ClN2O. The van der Waals surface area contributed by atoms with Crippen LogP contribution in [-0.2, 0) is 6.54 Å². The summed E-state index contributed by atoms with van der Waals surface area (Å²) in [6.07, 6.45) is 6.85. The summed E-state index contributed by atoms with van der Waals surface area (Å²) in [5, 5.41) is 2.67. The van der Waals surface area contributed by atoms with Crippen molar-refractivity contribution in [1.82, 2.24) is 9.55 Å². The van der Waals surface area contributed by atoms with E-state index in [1.165, 1.54) is 0 Å². The van der Waals surface area contributed by atoms with E-state index in [1.807, 2.05) is 66.9 Å². The lowest BCUT2D eigenvalue weighted by Gasteiger charge is -2.06. The summed E-state index contributed by atoms with van der Waals surface area (Å²) in [5.41, 5.74) is 5.61. The number of rotatable bonds is 5. The number of carbonyl (C=O) groups excluding carboxylic acids is 1. The summed E-state index contributed by atoms with van der Waals surface area (Å²) in [5.74, 6) is 0. The molecule has 31 heavy (non-hydrogen) atoms. The summed E-state index contributed by atoms with van der Waals surface area (Å²) in [6, 6.07) is 27.1. The van der Waals surface area contributed by atoms with Crippen molar-refractivity contribution in [1.29, 1.82) is 0 Å². The Balaban J connectivity index is 1.41. The molecule has 0 atom stereocenters. The maximum absolute atomic E-state index is 11.4. The summed E-state index contributed by atoms with van der Waals surface area (Å²) >= 11 is 6.09. The first-order chi connectivity index (χ1) is 15.2. The quantitative estimate of drug-likeness (QED) is 0.297. The van der Waals surface area contributed by atoms with Crippen LogP contribution in [0.1, 0.15) is 27.2 Å². The number of hydrogen-bond donors (Lipinski definition) is 0. The van der Waals surface area contributed by atoms with Gasteiger partial charge in [-0.15, -0.1) is 0 Å². The normalized spacial score (nSPS) is 11.5. The van der Waals surface area contributed by atoms with Crippen LogP contribution in [0.3, 0.4) is 0 Å². The standard InChI is InChI=1S/C27H18ClN2O/c28-23-11-9-21-10-13-24(29-26(21)15-23)12-8-19-4-3-5-20(14-19)16-30-17-22(18-31)25-6-1-2-7-27(25)30/h1-6,8-15,17-18H,16H2. The van der Waals surface area contributed by atoms with Gasteiger partial charge in [0.05, 0.1) is 16.7 Å². The number of aromatic nitrogens is 2. The Kier molecular flexibility index (Phi) is 5.11. The fourth-order valence-electron chi connectivity index (χ4n) is 3.79. The zero-order valence-corrected chi connectivity index (χ0v) is 17.4. The first kappa shape index (κ1) is 19.3. The van der Waals surface area contributed by atoms with Crippen molar-refractivity contribution in [2.24, 2.45) is 0 Å². The van der Waals surface area contributed by atoms with Crippen LogP contribution in [0.5, 0.6) is 0 Å². The van der Waals surface area contributed by atoms with Crippen molar-refractivity contribution < 1.29 is 4.79 Å². The fourth-order valence-corrected chi connectivity index (χ4v) is 3.96. The minimum absolute atomic E-state index is 0.666. The number of pyridine rings is 1. The molecule has 0 bridgehead atoms. The minimum atomic E-state index is 0.666. The lowest BCUT2D eigenvalue weighted by atomic mass is 10.1. The molecule has 0 aliphatic heterocycles. The number of halogens is 1. The molecule has 5 rings (SSSR count). The second-order valence-electron chi connectivity index (χ2n) is 7.41. The van der Waals surface area contributed by atoms with Crippen molar-refractivity contribution in [3.63, 3.8) is 0 Å². The first-order valence-corrected chi connectivity index (χ1v) is 10.4. The van der Waals surface area contributed by atoms with Crippen LogP contribution < -0.4 is 0 Å². The Hall–Kier alpha value is -3.69. The SMILES string of the molecule is O=Cc1cn(Cc2cccc(C=Cc3ccc4ccc(Cl)cc4n3)c2)c2[c]cccc12. The van der Waals surface area contributed by atoms with Gasteiger partial charge < -0.3 is 4.57 Å². The van der Waals surface area contributed by atoms with Crippen LogP contribution in [0.25, 0.3) is 34.0 Å². The van der Waals surface area contributed by atoms with Crippen molar-refractivity contribution in [2.75, 3.05) is 0 Å². The van der Waals surface area contributed by atoms with E-state index in [2.05, 4.69) is 39.9 Å². The van der Waals surface area contributed by atoms with E-state index in [9.17, 15) is 4.79 Å². The van der Waals surface area contributed by atoms with Crippen molar-refractivity contribution in [3.05, 3.63) is 112 Å². The van der Waals surface area contributed by atoms with Gasteiger partial charge in [-0.05, 0) is 41.5 Å². The minimum Gasteiger partial charge on any atom is -0.342 e. The first-order valence-electron chi connectivity index (χ1n) is 9.98. The highest BCUT2D eigenvalue weighted by Crippen LogP contribution is 2.22. The van der Waals surface area contributed by atoms with Crippen molar-refractivity contribution in [2.45, 2.75) is 6.54 Å². The number of para-hydroxylation sites is 1. The third-order valence-corrected chi connectivity index (χ3v) is 5.52. The second-order valence-corrected chi connectivity index (χ2v) is 7.85. The number of benzene rings is 3. The van der Waals surface area contributed by atoms with Gasteiger partial charge in [0, 0.05) is 40.2 Å². The molecule has 0 saturated carbocycles. The van der Waals surface area contributed by atoms with Gasteiger partial charge >= 0.3 is 0 Å². The van der Waals surface area contributed by atoms with E-state index < -0.39 is 0 Å². The monoisotopic (exact) mass is 421 g/mol. The summed E-state index contributed by atoms with van der Waals surface area (Å²) in [4.78, 5) is 16.1. The third kappa shape index (κ3) is 4.00. The van der Waals surface area contributed by atoms with Crippen LogP contribution in [0.2, 0.25) is 5.02 Å². The summed E-state index contributed by atoms with van der Waals surface area (Å²) < 4.78 is 2.07. The lowest BCUT2D eigenvalue weighted by Crippen LogP contribution is -1.98. The van der Waals surface area contributed by atoms with Gasteiger partial charge in [-0.3, -0.25) is 4.79 Å². The molecule has 149 valence electrons. The summed E-state index contributed by atoms with van der Waals surface area (Å²) in [6.45, 7) is 0.666. The Bertz CT molecular complexity index is 1450. The van der Waals surface area contributed by atoms with Crippen molar-refractivity contribution in [3.8, 4) is 0 Å². The van der Waals surface area contributed by atoms with Crippen LogP contribution in [0.15, 0.2) is 79.0 Å². The largest absolute Gasteiger partial charge is 0.342 e. The molecule has 0 saturated heterocycles. The van der Waals surface area contributed by atoms with Crippen LogP contribution in [-0.4, -0.2) is 15.8 Å². The molecule has 0 aliphatic rings. The van der Waals surface area contributed by atoms with Gasteiger partial charge in [0.1, 0.15) is 0 Å². The van der Waals surface area contributed by atoms with E-state index >= 15 is 0 Å². The molecule has 4 heteroatoms. The summed E-state index contributed by atoms with van der Waals surface area (Å²) in [7, 11) is 0. The Morgan fingerprint density at radius 3 is 2.81 bits per heavy atom. The Labute approximate surface area is 185 Å². The topological polar surface area (TPSA) is 34.9 Å². The zero-order chi connectivity index (χ0) is 21.2. The Morgan fingerprint density at radius 2 is 1.90 bits per heavy atom. The van der Waals surface area contributed by atoms with Crippen LogP contribution >= 0.6 is 11.6 Å². The van der Waals surface area contributed by atoms with E-state index in [-0.39, 0.29) is 0 Å². The number of hydrogen-bond acceptors (Lipinski definition) is 2. The van der Waals surface area contributed by atoms with Gasteiger partial charge in [-0.2, -0.15) is 0 Å². The van der Waals surface area contributed by atoms with E-state index in [0.717, 1.165) is 44.9 Å².